The van der Waals surface area contributed by atoms with Crippen molar-refractivity contribution in [2.24, 2.45) is 0 Å². The van der Waals surface area contributed by atoms with E-state index in [4.69, 9.17) is 19.5 Å². The Bertz CT molecular complexity index is 197. The molecule has 92 valence electrons. The summed E-state index contributed by atoms with van der Waals surface area (Å²) < 4.78 is 16.0. The molecule has 0 aliphatic carbocycles. The SMILES string of the molecule is N#CCOCCCCCOCC1CCCO1. The van der Waals surface area contributed by atoms with E-state index in [1.165, 1.54) is 6.42 Å². The fraction of sp³-hybridized carbons (Fsp3) is 0.917. The van der Waals surface area contributed by atoms with Crippen LogP contribution >= 0.6 is 0 Å². The average molecular weight is 227 g/mol. The van der Waals surface area contributed by atoms with Crippen LogP contribution in [0.4, 0.5) is 0 Å². The van der Waals surface area contributed by atoms with E-state index in [2.05, 4.69) is 0 Å². The molecule has 1 rings (SSSR count). The predicted molar refractivity (Wildman–Crippen MR) is 60.1 cm³/mol. The van der Waals surface area contributed by atoms with E-state index in [9.17, 15) is 0 Å². The van der Waals surface area contributed by atoms with Gasteiger partial charge in [-0.15, -0.1) is 0 Å². The summed E-state index contributed by atoms with van der Waals surface area (Å²) in [5.74, 6) is 0. The van der Waals surface area contributed by atoms with Crippen molar-refractivity contribution in [1.82, 2.24) is 0 Å². The molecule has 1 aliphatic rings. The first-order chi connectivity index (χ1) is 7.93. The van der Waals surface area contributed by atoms with Gasteiger partial charge in [0.2, 0.25) is 0 Å². The van der Waals surface area contributed by atoms with E-state index < -0.39 is 0 Å². The molecule has 1 fully saturated rings. The number of nitrogens with zero attached hydrogens (tertiary/aromatic N) is 1. The summed E-state index contributed by atoms with van der Waals surface area (Å²) in [6.45, 7) is 3.32. The van der Waals surface area contributed by atoms with Gasteiger partial charge in [0.05, 0.1) is 18.8 Å². The lowest BCUT2D eigenvalue weighted by Gasteiger charge is -2.09. The molecule has 1 aliphatic heterocycles. The zero-order chi connectivity index (χ0) is 11.5. The fourth-order valence-corrected chi connectivity index (χ4v) is 1.69. The highest BCUT2D eigenvalue weighted by Crippen LogP contribution is 2.12. The summed E-state index contributed by atoms with van der Waals surface area (Å²) in [6, 6.07) is 1.95. The molecule has 0 aromatic carbocycles. The van der Waals surface area contributed by atoms with Gasteiger partial charge in [-0.3, -0.25) is 0 Å². The van der Waals surface area contributed by atoms with E-state index >= 15 is 0 Å². The predicted octanol–water partition coefficient (Wildman–Crippen LogP) is 1.89. The number of hydrogen-bond acceptors (Lipinski definition) is 4. The molecule has 16 heavy (non-hydrogen) atoms. The first kappa shape index (κ1) is 13.4. The maximum atomic E-state index is 8.24. The Morgan fingerprint density at radius 3 is 2.69 bits per heavy atom. The minimum Gasteiger partial charge on any atom is -0.379 e. The summed E-state index contributed by atoms with van der Waals surface area (Å²) in [7, 11) is 0. The van der Waals surface area contributed by atoms with Crippen LogP contribution in [0.5, 0.6) is 0 Å². The highest BCUT2D eigenvalue weighted by atomic mass is 16.5. The smallest absolute Gasteiger partial charge is 0.133 e. The van der Waals surface area contributed by atoms with E-state index in [0.29, 0.717) is 12.7 Å². The Morgan fingerprint density at radius 2 is 2.00 bits per heavy atom. The summed E-state index contributed by atoms with van der Waals surface area (Å²) in [5.41, 5.74) is 0. The van der Waals surface area contributed by atoms with Crippen LogP contribution in [0.1, 0.15) is 32.1 Å². The van der Waals surface area contributed by atoms with Crippen molar-refractivity contribution in [3.8, 4) is 6.07 Å². The van der Waals surface area contributed by atoms with Crippen LogP contribution in [-0.2, 0) is 14.2 Å². The molecule has 0 N–H and O–H groups in total. The highest BCUT2D eigenvalue weighted by Gasteiger charge is 2.14. The number of hydrogen-bond donors (Lipinski definition) is 0. The monoisotopic (exact) mass is 227 g/mol. The first-order valence-corrected chi connectivity index (χ1v) is 6.07. The van der Waals surface area contributed by atoms with Gasteiger partial charge in [0.25, 0.3) is 0 Å². The van der Waals surface area contributed by atoms with E-state index in [0.717, 1.165) is 45.5 Å². The Labute approximate surface area is 97.5 Å². The van der Waals surface area contributed by atoms with Crippen LogP contribution in [0.25, 0.3) is 0 Å². The van der Waals surface area contributed by atoms with Gasteiger partial charge >= 0.3 is 0 Å². The lowest BCUT2D eigenvalue weighted by Crippen LogP contribution is -2.14. The van der Waals surface area contributed by atoms with E-state index in [1.54, 1.807) is 0 Å². The van der Waals surface area contributed by atoms with Gasteiger partial charge in [-0.1, -0.05) is 0 Å². The zero-order valence-electron chi connectivity index (χ0n) is 9.82. The van der Waals surface area contributed by atoms with Gasteiger partial charge in [0.15, 0.2) is 0 Å². The van der Waals surface area contributed by atoms with Crippen molar-refractivity contribution in [2.75, 3.05) is 33.0 Å². The summed E-state index contributed by atoms with van der Waals surface area (Å²) >= 11 is 0. The number of unbranched alkanes of at least 4 members (excludes halogenated alkanes) is 2. The molecule has 1 atom stereocenters. The summed E-state index contributed by atoms with van der Waals surface area (Å²) in [6.07, 6.45) is 5.80. The lowest BCUT2D eigenvalue weighted by molar-refractivity contribution is 0.0157. The molecular weight excluding hydrogens is 206 g/mol. The largest absolute Gasteiger partial charge is 0.379 e. The summed E-state index contributed by atoms with van der Waals surface area (Å²) in [4.78, 5) is 0. The average Bonchev–Trinajstić information content (AvgIpc) is 2.80. The van der Waals surface area contributed by atoms with Crippen molar-refractivity contribution >= 4 is 0 Å². The number of nitriles is 1. The number of ether oxygens (including phenoxy) is 3. The van der Waals surface area contributed by atoms with Crippen molar-refractivity contribution in [3.05, 3.63) is 0 Å². The molecule has 1 heterocycles. The minimum atomic E-state index is 0.204. The van der Waals surface area contributed by atoms with Crippen LogP contribution in [-0.4, -0.2) is 39.1 Å². The molecule has 0 aromatic heterocycles. The molecule has 0 bridgehead atoms. The normalized spacial score (nSPS) is 19.8. The standard InChI is InChI=1S/C12H21NO3/c13-6-10-14-7-2-1-3-8-15-11-12-5-4-9-16-12/h12H,1-5,7-11H2. The third-order valence-corrected chi connectivity index (χ3v) is 2.57. The van der Waals surface area contributed by atoms with Crippen LogP contribution < -0.4 is 0 Å². The van der Waals surface area contributed by atoms with E-state index in [-0.39, 0.29) is 6.61 Å². The topological polar surface area (TPSA) is 51.5 Å². The molecule has 1 saturated heterocycles. The molecule has 0 aromatic rings. The van der Waals surface area contributed by atoms with Crippen molar-refractivity contribution < 1.29 is 14.2 Å². The van der Waals surface area contributed by atoms with E-state index in [1.807, 2.05) is 6.07 Å². The maximum absolute atomic E-state index is 8.24. The maximum Gasteiger partial charge on any atom is 0.133 e. The quantitative estimate of drug-likeness (QED) is 0.564. The third kappa shape index (κ3) is 6.78. The van der Waals surface area contributed by atoms with Crippen molar-refractivity contribution in [3.63, 3.8) is 0 Å². The van der Waals surface area contributed by atoms with Crippen LogP contribution in [0, 0.1) is 11.3 Å². The van der Waals surface area contributed by atoms with Crippen molar-refractivity contribution in [2.45, 2.75) is 38.2 Å². The summed E-state index contributed by atoms with van der Waals surface area (Å²) in [5, 5.41) is 8.24. The molecule has 0 saturated carbocycles. The Hall–Kier alpha value is -0.630. The van der Waals surface area contributed by atoms with Gasteiger partial charge in [0, 0.05) is 19.8 Å². The van der Waals surface area contributed by atoms with Gasteiger partial charge in [-0.05, 0) is 32.1 Å². The Kier molecular flexibility index (Phi) is 8.05. The minimum absolute atomic E-state index is 0.204. The first-order valence-electron chi connectivity index (χ1n) is 6.07. The molecule has 0 spiro atoms. The Morgan fingerprint density at radius 1 is 1.19 bits per heavy atom. The molecule has 0 amide bonds. The van der Waals surface area contributed by atoms with Gasteiger partial charge < -0.3 is 14.2 Å². The Balaban J connectivity index is 1.73. The van der Waals surface area contributed by atoms with Gasteiger partial charge in [-0.2, -0.15) is 5.26 Å². The zero-order valence-corrected chi connectivity index (χ0v) is 9.82. The second-order valence-electron chi connectivity index (χ2n) is 3.98. The third-order valence-electron chi connectivity index (χ3n) is 2.57. The molecular formula is C12H21NO3. The molecule has 0 radical (unpaired) electrons. The molecule has 1 unspecified atom stereocenters. The van der Waals surface area contributed by atoms with Gasteiger partial charge in [0.1, 0.15) is 6.61 Å². The van der Waals surface area contributed by atoms with Crippen molar-refractivity contribution in [1.29, 1.82) is 5.26 Å². The molecule has 4 nitrogen and oxygen atoms in total. The second-order valence-corrected chi connectivity index (χ2v) is 3.98. The van der Waals surface area contributed by atoms with Crippen LogP contribution in [0.2, 0.25) is 0 Å². The van der Waals surface area contributed by atoms with Gasteiger partial charge in [-0.25, -0.2) is 0 Å². The highest BCUT2D eigenvalue weighted by molar-refractivity contribution is 4.66. The van der Waals surface area contributed by atoms with Crippen LogP contribution in [0.3, 0.4) is 0 Å². The lowest BCUT2D eigenvalue weighted by atomic mass is 10.2. The fourth-order valence-electron chi connectivity index (χ4n) is 1.69. The van der Waals surface area contributed by atoms with Crippen LogP contribution in [0.15, 0.2) is 0 Å². The second kappa shape index (κ2) is 9.59. The molecule has 4 heteroatoms. The number of rotatable bonds is 9.